The predicted molar refractivity (Wildman–Crippen MR) is 104 cm³/mol. The normalized spacial score (nSPS) is 21.3. The van der Waals surface area contributed by atoms with E-state index in [1.807, 2.05) is 6.07 Å². The smallest absolute Gasteiger partial charge is 0.248 e. The van der Waals surface area contributed by atoms with E-state index < -0.39 is 34.3 Å². The summed E-state index contributed by atoms with van der Waals surface area (Å²) in [6.45, 7) is -0.0166. The van der Waals surface area contributed by atoms with E-state index in [4.69, 9.17) is 10.00 Å². The van der Waals surface area contributed by atoms with Crippen LogP contribution in [0.2, 0.25) is 0 Å². The summed E-state index contributed by atoms with van der Waals surface area (Å²) >= 11 is 0. The lowest BCUT2D eigenvalue weighted by atomic mass is 9.83. The van der Waals surface area contributed by atoms with Crippen LogP contribution in [-0.4, -0.2) is 38.2 Å². The Morgan fingerprint density at radius 1 is 1.28 bits per heavy atom. The Balaban J connectivity index is 1.66. The molecule has 1 aliphatic rings. The summed E-state index contributed by atoms with van der Waals surface area (Å²) in [5.74, 6) is -2.96. The Hall–Kier alpha value is -2.57. The molecule has 0 unspecified atom stereocenters. The summed E-state index contributed by atoms with van der Waals surface area (Å²) in [6.07, 6.45) is 1.80. The summed E-state index contributed by atoms with van der Waals surface area (Å²) in [5.41, 5.74) is 1.98. The number of sulfonamides is 1. The summed E-state index contributed by atoms with van der Waals surface area (Å²) in [5, 5.41) is 8.82. The van der Waals surface area contributed by atoms with Crippen molar-refractivity contribution in [2.24, 2.45) is 5.92 Å². The molecule has 9 heteroatoms. The lowest BCUT2D eigenvalue weighted by molar-refractivity contribution is -0.0660. The van der Waals surface area contributed by atoms with Crippen LogP contribution in [0.4, 0.5) is 8.78 Å². The Kier molecular flexibility index (Phi) is 6.15. The molecule has 0 saturated heterocycles. The van der Waals surface area contributed by atoms with Gasteiger partial charge in [0.1, 0.15) is 11.8 Å². The molecule has 1 fully saturated rings. The minimum Gasteiger partial charge on any atom is -0.493 e. The van der Waals surface area contributed by atoms with Crippen molar-refractivity contribution < 1.29 is 21.9 Å². The second-order valence-electron chi connectivity index (χ2n) is 7.23. The maximum atomic E-state index is 13.8. The van der Waals surface area contributed by atoms with E-state index in [2.05, 4.69) is 9.71 Å². The van der Waals surface area contributed by atoms with Crippen LogP contribution in [0.15, 0.2) is 42.6 Å². The minimum atomic E-state index is -3.50. The lowest BCUT2D eigenvalue weighted by Crippen LogP contribution is -2.48. The first-order valence-corrected chi connectivity index (χ1v) is 11.0. The Morgan fingerprint density at radius 2 is 2.00 bits per heavy atom. The van der Waals surface area contributed by atoms with Crippen LogP contribution in [0.25, 0.3) is 11.3 Å². The first kappa shape index (κ1) is 21.1. The van der Waals surface area contributed by atoms with Gasteiger partial charge in [0.25, 0.3) is 0 Å². The van der Waals surface area contributed by atoms with Crippen LogP contribution in [0.5, 0.6) is 5.75 Å². The molecule has 29 heavy (non-hydrogen) atoms. The van der Waals surface area contributed by atoms with Gasteiger partial charge in [0.05, 0.1) is 24.1 Å². The van der Waals surface area contributed by atoms with Gasteiger partial charge in [-0.05, 0) is 42.8 Å². The molecule has 0 aliphatic heterocycles. The molecule has 3 rings (SSSR count). The maximum absolute atomic E-state index is 13.8. The van der Waals surface area contributed by atoms with Crippen molar-refractivity contribution in [1.82, 2.24) is 9.71 Å². The average molecular weight is 421 g/mol. The largest absolute Gasteiger partial charge is 0.493 e. The summed E-state index contributed by atoms with van der Waals surface area (Å²) in [4.78, 5) is 4.22. The number of nitriles is 1. The standard InChI is InChI=1S/C20H21F2N3O3S/c1-29(26,27)25-19-8-9-20(21,22)10-16(19)13-28-17-5-3-15(4-6-17)18-7-2-14(11-23)12-24-18/h2-7,12,16,19,25H,8-10,13H2,1H3/t16-,19+/m1/s1. The highest BCUT2D eigenvalue weighted by molar-refractivity contribution is 7.88. The number of nitrogens with zero attached hydrogens (tertiary/aromatic N) is 2. The van der Waals surface area contributed by atoms with Crippen molar-refractivity contribution in [3.63, 3.8) is 0 Å². The van der Waals surface area contributed by atoms with Gasteiger partial charge in [-0.15, -0.1) is 0 Å². The van der Waals surface area contributed by atoms with E-state index in [-0.39, 0.29) is 19.4 Å². The molecule has 1 saturated carbocycles. The number of hydrogen-bond donors (Lipinski definition) is 1. The molecule has 0 bridgehead atoms. The van der Waals surface area contributed by atoms with Gasteiger partial charge in [-0.1, -0.05) is 0 Å². The molecule has 1 aromatic heterocycles. The first-order valence-electron chi connectivity index (χ1n) is 9.10. The third-order valence-corrected chi connectivity index (χ3v) is 5.55. The quantitative estimate of drug-likeness (QED) is 0.772. The number of nitrogens with one attached hydrogen (secondary N) is 1. The third-order valence-electron chi connectivity index (χ3n) is 4.82. The number of hydrogen-bond acceptors (Lipinski definition) is 5. The summed E-state index contributed by atoms with van der Waals surface area (Å²) < 4.78 is 58.8. The van der Waals surface area contributed by atoms with E-state index in [9.17, 15) is 17.2 Å². The van der Waals surface area contributed by atoms with Gasteiger partial charge in [0.2, 0.25) is 15.9 Å². The molecule has 1 heterocycles. The Labute approximate surface area is 168 Å². The van der Waals surface area contributed by atoms with Gasteiger partial charge < -0.3 is 4.74 Å². The lowest BCUT2D eigenvalue weighted by Gasteiger charge is -2.35. The molecule has 1 aliphatic carbocycles. The van der Waals surface area contributed by atoms with Crippen molar-refractivity contribution in [2.45, 2.75) is 31.2 Å². The van der Waals surface area contributed by atoms with E-state index in [0.29, 0.717) is 17.0 Å². The fraction of sp³-hybridized carbons (Fsp3) is 0.400. The van der Waals surface area contributed by atoms with Crippen LogP contribution in [0.3, 0.4) is 0 Å². The van der Waals surface area contributed by atoms with Gasteiger partial charge in [-0.2, -0.15) is 5.26 Å². The molecule has 154 valence electrons. The third kappa shape index (κ3) is 5.95. The van der Waals surface area contributed by atoms with E-state index in [1.54, 1.807) is 36.4 Å². The molecule has 2 aromatic rings. The number of aromatic nitrogens is 1. The number of pyridine rings is 1. The Bertz CT molecular complexity index is 987. The van der Waals surface area contributed by atoms with E-state index in [0.717, 1.165) is 11.8 Å². The average Bonchev–Trinajstić information content (AvgIpc) is 2.67. The first-order chi connectivity index (χ1) is 13.6. The number of ether oxygens (including phenoxy) is 1. The highest BCUT2D eigenvalue weighted by atomic mass is 32.2. The van der Waals surface area contributed by atoms with Gasteiger partial charge in [0.15, 0.2) is 0 Å². The van der Waals surface area contributed by atoms with Crippen LogP contribution < -0.4 is 9.46 Å². The van der Waals surface area contributed by atoms with Crippen LogP contribution in [-0.2, 0) is 10.0 Å². The summed E-state index contributed by atoms with van der Waals surface area (Å²) in [7, 11) is -3.50. The zero-order chi connectivity index (χ0) is 21.1. The zero-order valence-electron chi connectivity index (χ0n) is 15.8. The van der Waals surface area contributed by atoms with Crippen molar-refractivity contribution in [1.29, 1.82) is 5.26 Å². The van der Waals surface area contributed by atoms with Crippen LogP contribution >= 0.6 is 0 Å². The fourth-order valence-electron chi connectivity index (χ4n) is 3.39. The molecule has 0 amide bonds. The van der Waals surface area contributed by atoms with Crippen molar-refractivity contribution in [3.05, 3.63) is 48.2 Å². The molecule has 6 nitrogen and oxygen atoms in total. The fourth-order valence-corrected chi connectivity index (χ4v) is 4.25. The molecule has 1 aromatic carbocycles. The number of halogens is 2. The van der Waals surface area contributed by atoms with Crippen LogP contribution in [0, 0.1) is 17.2 Å². The zero-order valence-corrected chi connectivity index (χ0v) is 16.6. The number of rotatable bonds is 6. The highest BCUT2D eigenvalue weighted by Crippen LogP contribution is 2.37. The van der Waals surface area contributed by atoms with E-state index in [1.165, 1.54) is 6.20 Å². The molecular formula is C20H21F2N3O3S. The van der Waals surface area contributed by atoms with Gasteiger partial charge in [-0.3, -0.25) is 4.98 Å². The molecule has 1 N–H and O–H groups in total. The topological polar surface area (TPSA) is 92.1 Å². The van der Waals surface area contributed by atoms with Gasteiger partial charge >= 0.3 is 0 Å². The highest BCUT2D eigenvalue weighted by Gasteiger charge is 2.42. The maximum Gasteiger partial charge on any atom is 0.248 e. The minimum absolute atomic E-state index is 0.0166. The molecule has 0 radical (unpaired) electrons. The van der Waals surface area contributed by atoms with Crippen molar-refractivity contribution in [2.75, 3.05) is 12.9 Å². The van der Waals surface area contributed by atoms with Crippen molar-refractivity contribution in [3.8, 4) is 23.1 Å². The van der Waals surface area contributed by atoms with Crippen molar-refractivity contribution >= 4 is 10.0 Å². The van der Waals surface area contributed by atoms with Crippen LogP contribution in [0.1, 0.15) is 24.8 Å². The van der Waals surface area contributed by atoms with Gasteiger partial charge in [0, 0.05) is 36.6 Å². The second-order valence-corrected chi connectivity index (χ2v) is 9.01. The molecule has 0 spiro atoms. The number of alkyl halides is 2. The predicted octanol–water partition coefficient (Wildman–Crippen LogP) is 3.35. The summed E-state index contributed by atoms with van der Waals surface area (Å²) in [6, 6.07) is 11.8. The monoisotopic (exact) mass is 421 g/mol. The molecule has 2 atom stereocenters. The second kappa shape index (κ2) is 8.43. The van der Waals surface area contributed by atoms with E-state index >= 15 is 0 Å². The molecular weight excluding hydrogens is 400 g/mol. The Morgan fingerprint density at radius 3 is 2.59 bits per heavy atom. The SMILES string of the molecule is CS(=O)(=O)N[C@H]1CCC(F)(F)C[C@@H]1COc1ccc(-c2ccc(C#N)cn2)cc1. The number of benzene rings is 1. The van der Waals surface area contributed by atoms with Gasteiger partial charge in [-0.25, -0.2) is 21.9 Å².